The van der Waals surface area contributed by atoms with Crippen molar-refractivity contribution in [3.63, 3.8) is 0 Å². The average Bonchev–Trinajstić information content (AvgIpc) is 3.23. The predicted octanol–water partition coefficient (Wildman–Crippen LogP) is 3.52. The molecule has 3 aromatic rings. The van der Waals surface area contributed by atoms with Crippen molar-refractivity contribution in [1.82, 2.24) is 9.55 Å². The number of nitrogens with one attached hydrogen (secondary N) is 1. The molecule has 1 N–H and O–H groups in total. The zero-order valence-electron chi connectivity index (χ0n) is 11.8. The molecule has 21 heavy (non-hydrogen) atoms. The van der Waals surface area contributed by atoms with Crippen LogP contribution in [0.15, 0.2) is 59.4 Å². The van der Waals surface area contributed by atoms with Crippen molar-refractivity contribution in [1.29, 1.82) is 0 Å². The van der Waals surface area contributed by atoms with Crippen molar-refractivity contribution < 1.29 is 0 Å². The maximum atomic E-state index is 12.0. The summed E-state index contributed by atoms with van der Waals surface area (Å²) in [6.45, 7) is 0.802. The van der Waals surface area contributed by atoms with Crippen LogP contribution in [0, 0.1) is 5.92 Å². The van der Waals surface area contributed by atoms with Crippen LogP contribution < -0.4 is 5.69 Å². The van der Waals surface area contributed by atoms with Gasteiger partial charge in [-0.25, -0.2) is 4.79 Å². The minimum absolute atomic E-state index is 0.00751. The van der Waals surface area contributed by atoms with Crippen molar-refractivity contribution >= 4 is 11.0 Å². The molecule has 3 heteroatoms. The number of hydrogen-bond acceptors (Lipinski definition) is 1. The molecule has 0 amide bonds. The number of aryl methyl sites for hydroxylation is 1. The SMILES string of the molecule is O=c1[nH]c2ccccc2n1CC[C@@H]1C[C@H]1c1ccccc1. The molecule has 0 bridgehead atoms. The van der Waals surface area contributed by atoms with E-state index in [9.17, 15) is 4.79 Å². The molecule has 1 aliphatic rings. The van der Waals surface area contributed by atoms with Crippen molar-refractivity contribution in [3.05, 3.63) is 70.6 Å². The highest BCUT2D eigenvalue weighted by Crippen LogP contribution is 2.49. The van der Waals surface area contributed by atoms with Crippen molar-refractivity contribution in [3.8, 4) is 0 Å². The molecule has 0 saturated heterocycles. The summed E-state index contributed by atoms with van der Waals surface area (Å²) in [7, 11) is 0. The van der Waals surface area contributed by atoms with E-state index in [0.717, 1.165) is 24.0 Å². The molecule has 0 spiro atoms. The van der Waals surface area contributed by atoms with Gasteiger partial charge in [0, 0.05) is 6.54 Å². The largest absolute Gasteiger partial charge is 0.326 e. The molecule has 2 aromatic carbocycles. The smallest absolute Gasteiger partial charge is 0.306 e. The van der Waals surface area contributed by atoms with Gasteiger partial charge in [0.2, 0.25) is 0 Å². The summed E-state index contributed by atoms with van der Waals surface area (Å²) in [6, 6.07) is 18.6. The summed E-state index contributed by atoms with van der Waals surface area (Å²) in [5, 5.41) is 0. The molecule has 1 aromatic heterocycles. The van der Waals surface area contributed by atoms with Crippen LogP contribution in [-0.4, -0.2) is 9.55 Å². The second-order valence-corrected chi connectivity index (χ2v) is 5.90. The van der Waals surface area contributed by atoms with Gasteiger partial charge in [-0.1, -0.05) is 42.5 Å². The number of H-pyrrole nitrogens is 1. The number of benzene rings is 2. The number of imidazole rings is 1. The van der Waals surface area contributed by atoms with Gasteiger partial charge in [-0.15, -0.1) is 0 Å². The van der Waals surface area contributed by atoms with Gasteiger partial charge in [-0.3, -0.25) is 4.57 Å². The van der Waals surface area contributed by atoms with E-state index in [4.69, 9.17) is 0 Å². The molecular formula is C18H18N2O. The van der Waals surface area contributed by atoms with Crippen molar-refractivity contribution in [2.75, 3.05) is 0 Å². The lowest BCUT2D eigenvalue weighted by Crippen LogP contribution is -2.17. The van der Waals surface area contributed by atoms with Gasteiger partial charge in [0.05, 0.1) is 11.0 Å². The molecule has 0 radical (unpaired) electrons. The van der Waals surface area contributed by atoms with Crippen LogP contribution in [0.3, 0.4) is 0 Å². The highest BCUT2D eigenvalue weighted by molar-refractivity contribution is 5.74. The van der Waals surface area contributed by atoms with Crippen LogP contribution in [0.25, 0.3) is 11.0 Å². The summed E-state index contributed by atoms with van der Waals surface area (Å²) < 4.78 is 1.87. The Balaban J connectivity index is 1.48. The molecule has 106 valence electrons. The summed E-state index contributed by atoms with van der Waals surface area (Å²) >= 11 is 0. The van der Waals surface area contributed by atoms with E-state index in [-0.39, 0.29) is 5.69 Å². The molecule has 1 heterocycles. The molecule has 1 fully saturated rings. The minimum atomic E-state index is 0.00751. The zero-order chi connectivity index (χ0) is 14.2. The number of nitrogens with zero attached hydrogens (tertiary/aromatic N) is 1. The highest BCUT2D eigenvalue weighted by atomic mass is 16.1. The third-order valence-electron chi connectivity index (χ3n) is 4.56. The van der Waals surface area contributed by atoms with Gasteiger partial charge < -0.3 is 4.98 Å². The second kappa shape index (κ2) is 4.92. The first-order valence-corrected chi connectivity index (χ1v) is 7.55. The predicted molar refractivity (Wildman–Crippen MR) is 84.5 cm³/mol. The first-order chi connectivity index (χ1) is 10.3. The number of hydrogen-bond donors (Lipinski definition) is 1. The summed E-state index contributed by atoms with van der Waals surface area (Å²) in [6.07, 6.45) is 2.32. The molecule has 1 saturated carbocycles. The summed E-state index contributed by atoms with van der Waals surface area (Å²) in [5.74, 6) is 1.40. The van der Waals surface area contributed by atoms with E-state index in [1.54, 1.807) is 0 Å². The van der Waals surface area contributed by atoms with Gasteiger partial charge >= 0.3 is 5.69 Å². The lowest BCUT2D eigenvalue weighted by molar-refractivity contribution is 0.585. The number of para-hydroxylation sites is 2. The minimum Gasteiger partial charge on any atom is -0.306 e. The van der Waals surface area contributed by atoms with E-state index in [2.05, 4.69) is 35.3 Å². The van der Waals surface area contributed by atoms with Gasteiger partial charge in [0.25, 0.3) is 0 Å². The van der Waals surface area contributed by atoms with Gasteiger partial charge in [0.15, 0.2) is 0 Å². The van der Waals surface area contributed by atoms with E-state index in [1.807, 2.05) is 28.8 Å². The molecule has 1 aliphatic carbocycles. The maximum absolute atomic E-state index is 12.0. The quantitative estimate of drug-likeness (QED) is 0.779. The number of aromatic nitrogens is 2. The average molecular weight is 278 g/mol. The van der Waals surface area contributed by atoms with E-state index >= 15 is 0 Å². The second-order valence-electron chi connectivity index (χ2n) is 5.90. The Labute approximate surface area is 123 Å². The van der Waals surface area contributed by atoms with Crippen LogP contribution in [0.1, 0.15) is 24.3 Å². The van der Waals surface area contributed by atoms with Crippen LogP contribution in [0.2, 0.25) is 0 Å². The molecular weight excluding hydrogens is 260 g/mol. The molecule has 0 unspecified atom stereocenters. The molecule has 2 atom stereocenters. The number of rotatable bonds is 4. The molecule has 3 nitrogen and oxygen atoms in total. The van der Waals surface area contributed by atoms with Gasteiger partial charge in [-0.2, -0.15) is 0 Å². The fourth-order valence-corrected chi connectivity index (χ4v) is 3.30. The third kappa shape index (κ3) is 2.29. The Morgan fingerprint density at radius 3 is 2.67 bits per heavy atom. The Kier molecular flexibility index (Phi) is 2.92. The fourth-order valence-electron chi connectivity index (χ4n) is 3.30. The van der Waals surface area contributed by atoms with Gasteiger partial charge in [-0.05, 0) is 42.4 Å². The highest BCUT2D eigenvalue weighted by Gasteiger charge is 2.37. The standard InChI is InChI=1S/C18H18N2O/c21-18-19-16-8-4-5-9-17(16)20(18)11-10-14-12-15(14)13-6-2-1-3-7-13/h1-9,14-15H,10-12H2,(H,19,21)/t14-,15+/m1/s1. The Morgan fingerprint density at radius 1 is 1.05 bits per heavy atom. The first-order valence-electron chi connectivity index (χ1n) is 7.55. The molecule has 4 rings (SSSR count). The summed E-state index contributed by atoms with van der Waals surface area (Å²) in [4.78, 5) is 15.0. The van der Waals surface area contributed by atoms with Crippen LogP contribution in [-0.2, 0) is 6.54 Å². The Bertz CT molecular complexity index is 816. The zero-order valence-corrected chi connectivity index (χ0v) is 11.8. The van der Waals surface area contributed by atoms with E-state index in [0.29, 0.717) is 11.8 Å². The monoisotopic (exact) mass is 278 g/mol. The topological polar surface area (TPSA) is 37.8 Å². The fraction of sp³-hybridized carbons (Fsp3) is 0.278. The van der Waals surface area contributed by atoms with Crippen molar-refractivity contribution in [2.24, 2.45) is 5.92 Å². The normalized spacial score (nSPS) is 20.8. The number of fused-ring (bicyclic) bond motifs is 1. The van der Waals surface area contributed by atoms with E-state index < -0.39 is 0 Å². The first kappa shape index (κ1) is 12.5. The maximum Gasteiger partial charge on any atom is 0.326 e. The lowest BCUT2D eigenvalue weighted by Gasteiger charge is -2.03. The Hall–Kier alpha value is -2.29. The Morgan fingerprint density at radius 2 is 1.81 bits per heavy atom. The summed E-state index contributed by atoms with van der Waals surface area (Å²) in [5.41, 5.74) is 3.39. The van der Waals surface area contributed by atoms with Crippen LogP contribution in [0.5, 0.6) is 0 Å². The number of aromatic amines is 1. The van der Waals surface area contributed by atoms with Gasteiger partial charge in [0.1, 0.15) is 0 Å². The van der Waals surface area contributed by atoms with E-state index in [1.165, 1.54) is 12.0 Å². The lowest BCUT2D eigenvalue weighted by atomic mass is 10.1. The van der Waals surface area contributed by atoms with Crippen molar-refractivity contribution in [2.45, 2.75) is 25.3 Å². The molecule has 0 aliphatic heterocycles. The van der Waals surface area contributed by atoms with Crippen LogP contribution in [0.4, 0.5) is 0 Å². The third-order valence-corrected chi connectivity index (χ3v) is 4.56. The van der Waals surface area contributed by atoms with Crippen LogP contribution >= 0.6 is 0 Å².